The number of piperazine rings is 1. The van der Waals surface area contributed by atoms with Crippen molar-refractivity contribution in [3.8, 4) is 0 Å². The number of non-ortho nitro benzene ring substituents is 4. The number of β-lactam (4-membered cyclic amide) rings is 1. The van der Waals surface area contributed by atoms with Crippen LogP contribution in [0.5, 0.6) is 0 Å². The van der Waals surface area contributed by atoms with Gasteiger partial charge in [0, 0.05) is 90.8 Å². The zero-order valence-corrected chi connectivity index (χ0v) is 42.9. The van der Waals surface area contributed by atoms with Crippen LogP contribution < -0.4 is 0 Å². The van der Waals surface area contributed by atoms with Crippen molar-refractivity contribution < 1.29 is 72.5 Å². The Bertz CT molecular complexity index is 3090. The number of likely N-dealkylation sites (tertiary alicyclic amines) is 1. The second kappa shape index (κ2) is 24.1. The van der Waals surface area contributed by atoms with Crippen LogP contribution in [0.1, 0.15) is 42.5 Å². The molecule has 3 saturated heterocycles. The van der Waals surface area contributed by atoms with Gasteiger partial charge in [0.2, 0.25) is 11.8 Å². The van der Waals surface area contributed by atoms with Crippen LogP contribution in [0, 0.1) is 52.3 Å². The molecular formula is C51H50N8O19S. The first-order chi connectivity index (χ1) is 37.7. The first-order valence-electron chi connectivity index (χ1n) is 24.5. The van der Waals surface area contributed by atoms with E-state index in [1.165, 1.54) is 124 Å². The molecule has 0 saturated carbocycles. The first kappa shape index (κ1) is 56.2. The molecule has 79 heavy (non-hydrogen) atoms. The Balaban J connectivity index is 1.04. The lowest BCUT2D eigenvalue weighted by molar-refractivity contribution is -0.385. The minimum Gasteiger partial charge on any atom is -0.463 e. The lowest BCUT2D eigenvalue weighted by Crippen LogP contribution is -2.63. The minimum atomic E-state index is -1.26. The summed E-state index contributed by atoms with van der Waals surface area (Å²) in [7, 11) is 0. The van der Waals surface area contributed by atoms with Crippen LogP contribution in [0.25, 0.3) is 0 Å². The summed E-state index contributed by atoms with van der Waals surface area (Å²) in [5, 5.41) is 54.9. The summed E-state index contributed by atoms with van der Waals surface area (Å²) >= 11 is 1.13. The van der Waals surface area contributed by atoms with Crippen molar-refractivity contribution in [2.45, 2.75) is 76.0 Å². The Morgan fingerprint density at radius 1 is 0.646 bits per heavy atom. The van der Waals surface area contributed by atoms with Gasteiger partial charge in [-0.05, 0) is 72.0 Å². The largest absolute Gasteiger partial charge is 0.463 e. The lowest BCUT2D eigenvalue weighted by atomic mass is 9.79. The number of benzene rings is 4. The molecule has 0 aliphatic carbocycles. The van der Waals surface area contributed by atoms with E-state index in [0.717, 1.165) is 11.8 Å². The average Bonchev–Trinajstić information content (AvgIpc) is 3.83. The van der Waals surface area contributed by atoms with Crippen molar-refractivity contribution in [3.05, 3.63) is 170 Å². The molecule has 0 bridgehead atoms. The number of amides is 4. The molecule has 0 aromatic heterocycles. The Hall–Kier alpha value is -9.05. The number of ether oxygens (including phenoxy) is 4. The number of nitro groups is 4. The summed E-state index contributed by atoms with van der Waals surface area (Å²) in [6.07, 6.45) is -3.28. The van der Waals surface area contributed by atoms with Gasteiger partial charge in [0.15, 0.2) is 0 Å². The Morgan fingerprint density at radius 2 is 1.10 bits per heavy atom. The highest BCUT2D eigenvalue weighted by molar-refractivity contribution is 8.03. The predicted molar refractivity (Wildman–Crippen MR) is 273 cm³/mol. The summed E-state index contributed by atoms with van der Waals surface area (Å²) in [6.45, 7) is 1.07. The number of carbonyl (C=O) groups is 6. The van der Waals surface area contributed by atoms with Gasteiger partial charge >= 0.3 is 24.1 Å². The number of nitro benzene ring substituents is 4. The number of hydrogen-bond acceptors (Lipinski definition) is 20. The average molecular weight is 1110 g/mol. The van der Waals surface area contributed by atoms with Crippen LogP contribution in [0.15, 0.2) is 108 Å². The predicted octanol–water partition coefficient (Wildman–Crippen LogP) is 5.58. The van der Waals surface area contributed by atoms with Crippen LogP contribution >= 0.6 is 11.8 Å². The Kier molecular flexibility index (Phi) is 17.1. The molecule has 4 aliphatic heterocycles. The number of esters is 2. The topological polar surface area (TPSA) is 345 Å². The normalized spacial score (nSPS) is 20.9. The number of fused-ring (bicyclic) bond motifs is 1. The van der Waals surface area contributed by atoms with Crippen LogP contribution in [-0.4, -0.2) is 143 Å². The number of thioether (sulfide) groups is 1. The molecule has 4 aliphatic rings. The molecule has 4 amide bonds. The molecule has 1 unspecified atom stereocenters. The molecule has 3 fully saturated rings. The van der Waals surface area contributed by atoms with Gasteiger partial charge in [-0.25, -0.2) is 14.4 Å². The maximum Gasteiger partial charge on any atom is 0.410 e. The maximum absolute atomic E-state index is 15.0. The van der Waals surface area contributed by atoms with E-state index in [-0.39, 0.29) is 87.3 Å². The van der Waals surface area contributed by atoms with Crippen molar-refractivity contribution in [1.29, 1.82) is 0 Å². The summed E-state index contributed by atoms with van der Waals surface area (Å²) in [6, 6.07) is 18.1. The zero-order chi connectivity index (χ0) is 56.8. The monoisotopic (exact) mass is 1110 g/mol. The number of nitrogens with zero attached hydrogens (tertiary/aromatic N) is 8. The second-order valence-electron chi connectivity index (χ2n) is 19.0. The fourth-order valence-electron chi connectivity index (χ4n) is 9.77. The van der Waals surface area contributed by atoms with Gasteiger partial charge < -0.3 is 33.9 Å². The van der Waals surface area contributed by atoms with Gasteiger partial charge in [0.05, 0.1) is 50.2 Å². The van der Waals surface area contributed by atoms with Crippen molar-refractivity contribution in [2.75, 3.05) is 32.8 Å². The van der Waals surface area contributed by atoms with Crippen LogP contribution in [0.2, 0.25) is 0 Å². The van der Waals surface area contributed by atoms with Crippen LogP contribution in [0.4, 0.5) is 32.3 Å². The summed E-state index contributed by atoms with van der Waals surface area (Å²) in [4.78, 5) is 132. The summed E-state index contributed by atoms with van der Waals surface area (Å²) < 4.78 is 22.6. The molecule has 4 heterocycles. The Morgan fingerprint density at radius 3 is 1.57 bits per heavy atom. The van der Waals surface area contributed by atoms with E-state index >= 15 is 0 Å². The van der Waals surface area contributed by atoms with E-state index in [1.807, 2.05) is 0 Å². The van der Waals surface area contributed by atoms with Crippen molar-refractivity contribution in [1.82, 2.24) is 19.6 Å². The molecule has 4 aromatic rings. The molecule has 8 rings (SSSR count). The molecule has 27 nitrogen and oxygen atoms in total. The van der Waals surface area contributed by atoms with E-state index < -0.39 is 104 Å². The van der Waals surface area contributed by atoms with E-state index in [9.17, 15) is 74.3 Å². The number of aliphatic hydroxyl groups excluding tert-OH is 1. The molecule has 0 radical (unpaired) electrons. The van der Waals surface area contributed by atoms with Gasteiger partial charge in [-0.2, -0.15) is 0 Å². The second-order valence-corrected chi connectivity index (χ2v) is 20.3. The number of hydrogen-bond donors (Lipinski definition) is 1. The zero-order valence-electron chi connectivity index (χ0n) is 42.1. The van der Waals surface area contributed by atoms with Crippen molar-refractivity contribution in [2.24, 2.45) is 11.8 Å². The quantitative estimate of drug-likeness (QED) is 0.0393. The fourth-order valence-corrected chi connectivity index (χ4v) is 11.3. The highest BCUT2D eigenvalue weighted by Gasteiger charge is 2.61. The maximum atomic E-state index is 15.0. The lowest BCUT2D eigenvalue weighted by Gasteiger charge is -2.46. The molecule has 0 spiro atoms. The standard InChI is InChI=1S/C51H50N8O19S/c1-29-44-43(30(2)60)48(63)55(44)45(49(64)76-25-32-5-13-36(14-6-32)57(69)70)46(29)79-40-22-41(54(24-40)51(66)78-27-34-9-17-38(18-10-34)59(73)74)47(62)52-19-20-53(50(65)77-26-33-7-15-37(16-8-33)58(71)72)39(23-52)28-75-42(61)21-31-3-11-35(12-4-31)56(67)68/h3-18,29-30,39-41,43-44,60H,19-28H2,1-2H3/t29-,30-,39?,40+,41+,43-,44-/m1/s1. The molecule has 7 atom stereocenters. The van der Waals surface area contributed by atoms with Gasteiger partial charge in [-0.3, -0.25) is 64.6 Å². The number of aliphatic hydroxyl groups is 1. The number of carbonyl (C=O) groups excluding carboxylic acids is 6. The van der Waals surface area contributed by atoms with Crippen LogP contribution in [0.3, 0.4) is 0 Å². The highest BCUT2D eigenvalue weighted by Crippen LogP contribution is 2.52. The minimum absolute atomic E-state index is 0.0533. The van der Waals surface area contributed by atoms with Gasteiger partial charge in [0.1, 0.15) is 38.2 Å². The smallest absolute Gasteiger partial charge is 0.410 e. The van der Waals surface area contributed by atoms with Crippen molar-refractivity contribution in [3.63, 3.8) is 0 Å². The SMILES string of the molecule is C[C@@H](O)[C@H]1C(=O)N2C(C(=O)OCc3ccc([N+](=O)[O-])cc3)=C(S[C@H]3C[C@@H](C(=O)N4CCN(C(=O)OCc5ccc([N+](=O)[O-])cc5)C(COC(=O)Cc5ccc([N+](=O)[O-])cc5)C4)N(C(=O)OCc4ccc([N+](=O)[O-])cc4)C3)[C@H](C)[C@H]12. The van der Waals surface area contributed by atoms with E-state index in [4.69, 9.17) is 18.9 Å². The highest BCUT2D eigenvalue weighted by atomic mass is 32.2. The van der Waals surface area contributed by atoms with Gasteiger partial charge in [-0.1, -0.05) is 19.1 Å². The van der Waals surface area contributed by atoms with Crippen LogP contribution in [-0.2, 0) is 64.4 Å². The third-order valence-corrected chi connectivity index (χ3v) is 15.4. The van der Waals surface area contributed by atoms with E-state index in [2.05, 4.69) is 0 Å². The summed E-state index contributed by atoms with van der Waals surface area (Å²) in [5.41, 5.74) is 0.735. The third-order valence-electron chi connectivity index (χ3n) is 13.9. The Labute approximate surface area is 452 Å². The molecule has 414 valence electrons. The molecule has 1 N–H and O–H groups in total. The van der Waals surface area contributed by atoms with E-state index in [1.54, 1.807) is 6.92 Å². The van der Waals surface area contributed by atoms with Gasteiger partial charge in [-0.15, -0.1) is 11.8 Å². The fraction of sp³-hybridized carbons (Fsp3) is 0.373. The molecular weight excluding hydrogens is 1060 g/mol. The van der Waals surface area contributed by atoms with Gasteiger partial charge in [0.25, 0.3) is 22.7 Å². The molecule has 28 heteroatoms. The molecule has 4 aromatic carbocycles. The summed E-state index contributed by atoms with van der Waals surface area (Å²) in [5.74, 6) is -4.24. The third kappa shape index (κ3) is 12.7. The van der Waals surface area contributed by atoms with E-state index in [0.29, 0.717) is 27.2 Å². The first-order valence-corrected chi connectivity index (χ1v) is 25.4. The van der Waals surface area contributed by atoms with Crippen molar-refractivity contribution >= 4 is 70.5 Å². The number of rotatable bonds is 19.